The summed E-state index contributed by atoms with van der Waals surface area (Å²) in [6.45, 7) is 5.00. The maximum atomic E-state index is 11.9. The number of amides is 1. The lowest BCUT2D eigenvalue weighted by atomic mass is 10.3. The van der Waals surface area contributed by atoms with E-state index in [-0.39, 0.29) is 12.0 Å². The minimum absolute atomic E-state index is 0.0915. The Kier molecular flexibility index (Phi) is 5.69. The molecule has 1 aromatic rings. The molecule has 1 aliphatic heterocycles. The van der Waals surface area contributed by atoms with Crippen LogP contribution < -0.4 is 10.6 Å². The number of aromatic nitrogens is 2. The van der Waals surface area contributed by atoms with Crippen molar-refractivity contribution in [1.29, 1.82) is 0 Å². The second kappa shape index (κ2) is 7.76. The number of nitrogens with zero attached hydrogens (tertiary/aromatic N) is 2. The van der Waals surface area contributed by atoms with Crippen LogP contribution >= 0.6 is 0 Å². The standard InChI is InChI=1S/C13H20N4O3/c1-2-3-14-12-8-15-11(7-16-12)13(18)17-6-10-9-19-4-5-20-10/h7-8,10H,2-6,9H2,1H3,(H,14,16)(H,17,18). The molecule has 1 fully saturated rings. The summed E-state index contributed by atoms with van der Waals surface area (Å²) >= 11 is 0. The molecule has 2 N–H and O–H groups in total. The number of nitrogens with one attached hydrogen (secondary N) is 2. The summed E-state index contributed by atoms with van der Waals surface area (Å²) in [6, 6.07) is 0. The van der Waals surface area contributed by atoms with Crippen molar-refractivity contribution in [3.05, 3.63) is 18.1 Å². The first-order chi connectivity index (χ1) is 9.79. The highest BCUT2D eigenvalue weighted by Crippen LogP contribution is 2.02. The minimum atomic E-state index is -0.256. The molecule has 7 nitrogen and oxygen atoms in total. The zero-order chi connectivity index (χ0) is 14.2. The summed E-state index contributed by atoms with van der Waals surface area (Å²) in [4.78, 5) is 20.1. The Balaban J connectivity index is 1.79. The van der Waals surface area contributed by atoms with Gasteiger partial charge in [-0.15, -0.1) is 0 Å². The summed E-state index contributed by atoms with van der Waals surface area (Å²) in [6.07, 6.45) is 3.94. The second-order valence-corrected chi connectivity index (χ2v) is 4.49. The van der Waals surface area contributed by atoms with Gasteiger partial charge in [0.1, 0.15) is 11.5 Å². The highest BCUT2D eigenvalue weighted by Gasteiger charge is 2.16. The number of hydrogen-bond acceptors (Lipinski definition) is 6. The van der Waals surface area contributed by atoms with Gasteiger partial charge in [-0.05, 0) is 6.42 Å². The van der Waals surface area contributed by atoms with E-state index in [1.54, 1.807) is 6.20 Å². The first-order valence-corrected chi connectivity index (χ1v) is 6.83. The van der Waals surface area contributed by atoms with Gasteiger partial charge in [-0.2, -0.15) is 0 Å². The summed E-state index contributed by atoms with van der Waals surface area (Å²) in [5.74, 6) is 0.418. The van der Waals surface area contributed by atoms with Crippen molar-refractivity contribution in [3.63, 3.8) is 0 Å². The molecule has 1 aliphatic rings. The third-order valence-corrected chi connectivity index (χ3v) is 2.82. The molecule has 0 bridgehead atoms. The van der Waals surface area contributed by atoms with Crippen molar-refractivity contribution in [2.45, 2.75) is 19.4 Å². The van der Waals surface area contributed by atoms with Gasteiger partial charge in [0.05, 0.1) is 38.3 Å². The van der Waals surface area contributed by atoms with Gasteiger partial charge >= 0.3 is 0 Å². The van der Waals surface area contributed by atoms with Gasteiger partial charge in [-0.25, -0.2) is 9.97 Å². The van der Waals surface area contributed by atoms with Crippen LogP contribution in [0, 0.1) is 0 Å². The Hall–Kier alpha value is -1.73. The van der Waals surface area contributed by atoms with E-state index in [9.17, 15) is 4.79 Å². The number of carbonyl (C=O) groups is 1. The molecule has 1 aromatic heterocycles. The summed E-state index contributed by atoms with van der Waals surface area (Å²) in [5.41, 5.74) is 0.295. The molecule has 110 valence electrons. The Morgan fingerprint density at radius 1 is 1.40 bits per heavy atom. The van der Waals surface area contributed by atoms with Crippen molar-refractivity contribution in [2.24, 2.45) is 0 Å². The lowest BCUT2D eigenvalue weighted by molar-refractivity contribution is -0.0855. The van der Waals surface area contributed by atoms with Gasteiger partial charge < -0.3 is 20.1 Å². The topological polar surface area (TPSA) is 85.4 Å². The predicted octanol–water partition coefficient (Wildman–Crippen LogP) is 0.444. The van der Waals surface area contributed by atoms with Gasteiger partial charge in [0.15, 0.2) is 0 Å². The average Bonchev–Trinajstić information content (AvgIpc) is 2.52. The molecule has 1 atom stereocenters. The van der Waals surface area contributed by atoms with E-state index >= 15 is 0 Å². The number of carbonyl (C=O) groups excluding carboxylic acids is 1. The molecule has 7 heteroatoms. The average molecular weight is 280 g/mol. The molecule has 20 heavy (non-hydrogen) atoms. The number of hydrogen-bond donors (Lipinski definition) is 2. The fraction of sp³-hybridized carbons (Fsp3) is 0.615. The Morgan fingerprint density at radius 3 is 2.95 bits per heavy atom. The van der Waals surface area contributed by atoms with Gasteiger partial charge in [0.2, 0.25) is 0 Å². The quantitative estimate of drug-likeness (QED) is 0.786. The van der Waals surface area contributed by atoms with E-state index in [1.807, 2.05) is 0 Å². The molecule has 1 unspecified atom stereocenters. The van der Waals surface area contributed by atoms with Crippen molar-refractivity contribution < 1.29 is 14.3 Å². The van der Waals surface area contributed by atoms with Crippen LogP contribution in [0.2, 0.25) is 0 Å². The van der Waals surface area contributed by atoms with Gasteiger partial charge in [0, 0.05) is 13.1 Å². The zero-order valence-corrected chi connectivity index (χ0v) is 11.6. The third-order valence-electron chi connectivity index (χ3n) is 2.82. The molecule has 1 saturated heterocycles. The van der Waals surface area contributed by atoms with Crippen molar-refractivity contribution in [1.82, 2.24) is 15.3 Å². The van der Waals surface area contributed by atoms with Crippen LogP contribution in [0.25, 0.3) is 0 Å². The molecular weight excluding hydrogens is 260 g/mol. The van der Waals surface area contributed by atoms with Crippen LogP contribution in [-0.4, -0.2) is 54.9 Å². The van der Waals surface area contributed by atoms with Crippen molar-refractivity contribution in [2.75, 3.05) is 38.2 Å². The second-order valence-electron chi connectivity index (χ2n) is 4.49. The molecule has 2 heterocycles. The predicted molar refractivity (Wildman–Crippen MR) is 73.7 cm³/mol. The van der Waals surface area contributed by atoms with Crippen LogP contribution in [0.4, 0.5) is 5.82 Å². The number of ether oxygens (including phenoxy) is 2. The maximum absolute atomic E-state index is 11.9. The highest BCUT2D eigenvalue weighted by molar-refractivity contribution is 5.92. The lowest BCUT2D eigenvalue weighted by Crippen LogP contribution is -2.39. The monoisotopic (exact) mass is 280 g/mol. The smallest absolute Gasteiger partial charge is 0.271 e. The fourth-order valence-electron chi connectivity index (χ4n) is 1.74. The van der Waals surface area contributed by atoms with Crippen molar-refractivity contribution >= 4 is 11.7 Å². The van der Waals surface area contributed by atoms with E-state index in [1.165, 1.54) is 6.20 Å². The number of rotatable bonds is 6. The number of anilines is 1. The Bertz CT molecular complexity index is 418. The molecule has 0 aromatic carbocycles. The van der Waals surface area contributed by atoms with E-state index in [4.69, 9.17) is 9.47 Å². The van der Waals surface area contributed by atoms with Crippen LogP contribution in [0.3, 0.4) is 0 Å². The molecule has 0 aliphatic carbocycles. The molecule has 2 rings (SSSR count). The van der Waals surface area contributed by atoms with Gasteiger partial charge in [-0.1, -0.05) is 6.92 Å². The Labute approximate surface area is 118 Å². The fourth-order valence-corrected chi connectivity index (χ4v) is 1.74. The van der Waals surface area contributed by atoms with E-state index in [0.29, 0.717) is 37.9 Å². The molecule has 0 radical (unpaired) electrons. The maximum Gasteiger partial charge on any atom is 0.271 e. The molecule has 0 spiro atoms. The van der Waals surface area contributed by atoms with Crippen molar-refractivity contribution in [3.8, 4) is 0 Å². The normalized spacial score (nSPS) is 18.6. The van der Waals surface area contributed by atoms with Crippen LogP contribution in [-0.2, 0) is 9.47 Å². The molecule has 0 saturated carbocycles. The Morgan fingerprint density at radius 2 is 2.30 bits per heavy atom. The van der Waals surface area contributed by atoms with Crippen LogP contribution in [0.5, 0.6) is 0 Å². The summed E-state index contributed by atoms with van der Waals surface area (Å²) in [7, 11) is 0. The first-order valence-electron chi connectivity index (χ1n) is 6.83. The SMILES string of the molecule is CCCNc1cnc(C(=O)NCC2COCCO2)cn1. The lowest BCUT2D eigenvalue weighted by Gasteiger charge is -2.22. The van der Waals surface area contributed by atoms with Crippen LogP contribution in [0.15, 0.2) is 12.4 Å². The molecular formula is C13H20N4O3. The summed E-state index contributed by atoms with van der Waals surface area (Å²) < 4.78 is 10.7. The minimum Gasteiger partial charge on any atom is -0.376 e. The summed E-state index contributed by atoms with van der Waals surface area (Å²) in [5, 5.41) is 5.87. The van der Waals surface area contributed by atoms with E-state index in [2.05, 4.69) is 27.5 Å². The van der Waals surface area contributed by atoms with E-state index in [0.717, 1.165) is 13.0 Å². The van der Waals surface area contributed by atoms with Gasteiger partial charge in [-0.3, -0.25) is 4.79 Å². The first kappa shape index (κ1) is 14.7. The largest absolute Gasteiger partial charge is 0.376 e. The van der Waals surface area contributed by atoms with E-state index < -0.39 is 0 Å². The molecule has 1 amide bonds. The van der Waals surface area contributed by atoms with Gasteiger partial charge in [0.25, 0.3) is 5.91 Å². The zero-order valence-electron chi connectivity index (χ0n) is 11.6. The third kappa shape index (κ3) is 4.43. The van der Waals surface area contributed by atoms with Crippen LogP contribution in [0.1, 0.15) is 23.8 Å². The highest BCUT2D eigenvalue weighted by atomic mass is 16.6.